The molecule has 1 aromatic heterocycles. The van der Waals surface area contributed by atoms with Gasteiger partial charge in [0.1, 0.15) is 0 Å². The molecule has 3 heteroatoms. The van der Waals surface area contributed by atoms with E-state index >= 15 is 0 Å². The highest BCUT2D eigenvalue weighted by atomic mass is 32.1. The molecule has 102 valence electrons. The monoisotopic (exact) mass is 267 g/mol. The lowest BCUT2D eigenvalue weighted by atomic mass is 9.89. The van der Waals surface area contributed by atoms with Gasteiger partial charge >= 0.3 is 0 Å². The van der Waals surface area contributed by atoms with Crippen molar-refractivity contribution in [3.05, 3.63) is 21.4 Å². The van der Waals surface area contributed by atoms with Crippen LogP contribution >= 0.6 is 11.3 Å². The van der Waals surface area contributed by atoms with Crippen LogP contribution in [0.3, 0.4) is 0 Å². The zero-order valence-electron chi connectivity index (χ0n) is 12.0. The summed E-state index contributed by atoms with van der Waals surface area (Å²) in [7, 11) is 0. The molecule has 0 bridgehead atoms. The molecule has 3 atom stereocenters. The minimum atomic E-state index is 0.427. The van der Waals surface area contributed by atoms with Crippen LogP contribution in [0.25, 0.3) is 0 Å². The fourth-order valence-corrected chi connectivity index (χ4v) is 4.28. The molecular formula is C15H25NOS. The van der Waals surface area contributed by atoms with E-state index in [2.05, 4.69) is 39.1 Å². The molecule has 0 aromatic carbocycles. The third-order valence-corrected chi connectivity index (χ3v) is 5.11. The largest absolute Gasteiger partial charge is 0.378 e. The first-order valence-electron chi connectivity index (χ1n) is 7.09. The summed E-state index contributed by atoms with van der Waals surface area (Å²) in [6, 6.07) is 2.78. The van der Waals surface area contributed by atoms with Gasteiger partial charge in [0.2, 0.25) is 0 Å². The van der Waals surface area contributed by atoms with E-state index in [0.29, 0.717) is 18.1 Å². The summed E-state index contributed by atoms with van der Waals surface area (Å²) in [6.07, 6.45) is 2.73. The molecule has 1 saturated heterocycles. The summed E-state index contributed by atoms with van der Waals surface area (Å²) in [5, 5.41) is 3.69. The van der Waals surface area contributed by atoms with Crippen molar-refractivity contribution in [3.63, 3.8) is 0 Å². The minimum Gasteiger partial charge on any atom is -0.378 e. The van der Waals surface area contributed by atoms with Gasteiger partial charge in [0.15, 0.2) is 0 Å². The average Bonchev–Trinajstić information content (AvgIpc) is 2.92. The first-order chi connectivity index (χ1) is 8.67. The minimum absolute atomic E-state index is 0.427. The van der Waals surface area contributed by atoms with Crippen molar-refractivity contribution in [3.8, 4) is 0 Å². The Labute approximate surface area is 115 Å². The van der Waals surface area contributed by atoms with Gasteiger partial charge in [0.05, 0.1) is 6.10 Å². The van der Waals surface area contributed by atoms with Crippen molar-refractivity contribution in [2.75, 3.05) is 13.2 Å². The third kappa shape index (κ3) is 2.79. The maximum atomic E-state index is 5.87. The lowest BCUT2D eigenvalue weighted by Gasteiger charge is -2.27. The number of ether oxygens (including phenoxy) is 1. The fraction of sp³-hybridized carbons (Fsp3) is 0.733. The lowest BCUT2D eigenvalue weighted by molar-refractivity contribution is 0.0779. The van der Waals surface area contributed by atoms with E-state index in [9.17, 15) is 0 Å². The standard InChI is InChI=1S/C15H25NOS/c1-5-13-12(7-8-17-13)14(16-6-2)15-10(3)9-11(4)18-15/h9,12-14,16H,5-8H2,1-4H3. The SMILES string of the molecule is CCNC(c1sc(C)cc1C)C1CCOC1CC. The van der Waals surface area contributed by atoms with Crippen LogP contribution in [-0.4, -0.2) is 19.3 Å². The summed E-state index contributed by atoms with van der Waals surface area (Å²) in [6.45, 7) is 10.8. The van der Waals surface area contributed by atoms with E-state index in [1.165, 1.54) is 21.7 Å². The molecule has 2 heterocycles. The second kappa shape index (κ2) is 6.18. The molecule has 0 radical (unpaired) electrons. The average molecular weight is 267 g/mol. The Balaban J connectivity index is 2.24. The normalized spacial score (nSPS) is 25.6. The molecular weight excluding hydrogens is 242 g/mol. The molecule has 1 aliphatic heterocycles. The van der Waals surface area contributed by atoms with Crippen LogP contribution in [-0.2, 0) is 4.74 Å². The molecule has 1 aliphatic rings. The second-order valence-electron chi connectivity index (χ2n) is 5.21. The van der Waals surface area contributed by atoms with Gasteiger partial charge in [0.25, 0.3) is 0 Å². The number of hydrogen-bond acceptors (Lipinski definition) is 3. The van der Waals surface area contributed by atoms with Crippen molar-refractivity contribution in [2.24, 2.45) is 5.92 Å². The predicted octanol–water partition coefficient (Wildman–Crippen LogP) is 3.83. The fourth-order valence-electron chi connectivity index (χ4n) is 3.09. The highest BCUT2D eigenvalue weighted by Gasteiger charge is 2.35. The molecule has 0 aliphatic carbocycles. The van der Waals surface area contributed by atoms with Gasteiger partial charge in [-0.1, -0.05) is 13.8 Å². The Hall–Kier alpha value is -0.380. The van der Waals surface area contributed by atoms with Crippen LogP contribution in [0.5, 0.6) is 0 Å². The summed E-state index contributed by atoms with van der Waals surface area (Å²) in [4.78, 5) is 2.93. The number of aryl methyl sites for hydroxylation is 2. The zero-order valence-corrected chi connectivity index (χ0v) is 12.8. The van der Waals surface area contributed by atoms with E-state index < -0.39 is 0 Å². The van der Waals surface area contributed by atoms with Crippen molar-refractivity contribution < 1.29 is 4.74 Å². The first kappa shape index (κ1) is 14.0. The molecule has 2 nitrogen and oxygen atoms in total. The molecule has 2 rings (SSSR count). The number of rotatable bonds is 5. The van der Waals surface area contributed by atoms with Gasteiger partial charge in [-0.3, -0.25) is 0 Å². The van der Waals surface area contributed by atoms with E-state index in [-0.39, 0.29) is 0 Å². The Kier molecular flexibility index (Phi) is 4.82. The second-order valence-corrected chi connectivity index (χ2v) is 6.50. The van der Waals surface area contributed by atoms with Crippen LogP contribution in [0.2, 0.25) is 0 Å². The summed E-state index contributed by atoms with van der Waals surface area (Å²) in [5.41, 5.74) is 1.44. The predicted molar refractivity (Wildman–Crippen MR) is 78.3 cm³/mol. The van der Waals surface area contributed by atoms with Gasteiger partial charge < -0.3 is 10.1 Å². The molecule has 18 heavy (non-hydrogen) atoms. The van der Waals surface area contributed by atoms with Crippen molar-refractivity contribution >= 4 is 11.3 Å². The molecule has 1 fully saturated rings. The summed E-state index contributed by atoms with van der Waals surface area (Å²) in [5.74, 6) is 0.631. The highest BCUT2D eigenvalue weighted by Crippen LogP contribution is 2.39. The quantitative estimate of drug-likeness (QED) is 0.875. The first-order valence-corrected chi connectivity index (χ1v) is 7.90. The number of thiophene rings is 1. The van der Waals surface area contributed by atoms with Crippen molar-refractivity contribution in [2.45, 2.75) is 52.7 Å². The third-order valence-electron chi connectivity index (χ3n) is 3.88. The van der Waals surface area contributed by atoms with Crippen LogP contribution in [0.4, 0.5) is 0 Å². The topological polar surface area (TPSA) is 21.3 Å². The van der Waals surface area contributed by atoms with Gasteiger partial charge in [-0.2, -0.15) is 0 Å². The highest BCUT2D eigenvalue weighted by molar-refractivity contribution is 7.12. The molecule has 1 aromatic rings. The Bertz CT molecular complexity index is 388. The summed E-state index contributed by atoms with van der Waals surface area (Å²) < 4.78 is 5.87. The maximum absolute atomic E-state index is 5.87. The molecule has 0 amide bonds. The number of nitrogens with one attached hydrogen (secondary N) is 1. The molecule has 1 N–H and O–H groups in total. The Morgan fingerprint density at radius 2 is 2.22 bits per heavy atom. The van der Waals surface area contributed by atoms with Gasteiger partial charge in [0, 0.05) is 28.3 Å². The maximum Gasteiger partial charge on any atom is 0.0620 e. The lowest BCUT2D eigenvalue weighted by Crippen LogP contribution is -2.32. The van der Waals surface area contributed by atoms with Crippen LogP contribution in [0.1, 0.15) is 48.0 Å². The van der Waals surface area contributed by atoms with E-state index in [0.717, 1.165) is 19.6 Å². The van der Waals surface area contributed by atoms with Gasteiger partial charge in [-0.25, -0.2) is 0 Å². The Morgan fingerprint density at radius 1 is 1.44 bits per heavy atom. The zero-order chi connectivity index (χ0) is 13.1. The smallest absolute Gasteiger partial charge is 0.0620 e. The van der Waals surface area contributed by atoms with Gasteiger partial charge in [-0.05, 0) is 44.9 Å². The van der Waals surface area contributed by atoms with Gasteiger partial charge in [-0.15, -0.1) is 11.3 Å². The molecule has 0 saturated carbocycles. The van der Waals surface area contributed by atoms with Crippen LogP contribution < -0.4 is 5.32 Å². The summed E-state index contributed by atoms with van der Waals surface area (Å²) >= 11 is 1.94. The van der Waals surface area contributed by atoms with E-state index in [4.69, 9.17) is 4.74 Å². The molecule has 0 spiro atoms. The van der Waals surface area contributed by atoms with Crippen molar-refractivity contribution in [1.82, 2.24) is 5.32 Å². The van der Waals surface area contributed by atoms with Crippen molar-refractivity contribution in [1.29, 1.82) is 0 Å². The van der Waals surface area contributed by atoms with Crippen LogP contribution in [0.15, 0.2) is 6.07 Å². The van der Waals surface area contributed by atoms with E-state index in [1.807, 2.05) is 11.3 Å². The molecule has 3 unspecified atom stereocenters. The van der Waals surface area contributed by atoms with Crippen LogP contribution in [0, 0.1) is 19.8 Å². The Morgan fingerprint density at radius 3 is 2.78 bits per heavy atom. The number of hydrogen-bond donors (Lipinski definition) is 1. The van der Waals surface area contributed by atoms with E-state index in [1.54, 1.807) is 0 Å².